The van der Waals surface area contributed by atoms with Gasteiger partial charge >= 0.3 is 0 Å². The van der Waals surface area contributed by atoms with Crippen LogP contribution in [0.15, 0.2) is 30.7 Å². The van der Waals surface area contributed by atoms with Gasteiger partial charge in [-0.05, 0) is 38.4 Å². The third-order valence-electron chi connectivity index (χ3n) is 5.21. The van der Waals surface area contributed by atoms with E-state index in [1.54, 1.807) is 18.6 Å². The van der Waals surface area contributed by atoms with Gasteiger partial charge in [0.2, 0.25) is 11.8 Å². The highest BCUT2D eigenvalue weighted by atomic mass is 16.5. The summed E-state index contributed by atoms with van der Waals surface area (Å²) >= 11 is 0. The SMILES string of the molecule is Cc1ncccc1Oc1cncc([C@@H]2CCCN2CC(=O)N2CCOCC2)n1. The molecule has 0 saturated carbocycles. The predicted molar refractivity (Wildman–Crippen MR) is 102 cm³/mol. The van der Waals surface area contributed by atoms with Gasteiger partial charge in [0, 0.05) is 19.3 Å². The Kier molecular flexibility index (Phi) is 5.78. The maximum atomic E-state index is 12.6. The average Bonchev–Trinajstić information content (AvgIpc) is 3.19. The molecule has 2 aliphatic heterocycles. The zero-order valence-corrected chi connectivity index (χ0v) is 16.1. The Labute approximate surface area is 164 Å². The van der Waals surface area contributed by atoms with Gasteiger partial charge in [0.15, 0.2) is 5.75 Å². The fraction of sp³-hybridized carbons (Fsp3) is 0.500. The Bertz CT molecular complexity index is 825. The molecule has 8 heteroatoms. The summed E-state index contributed by atoms with van der Waals surface area (Å²) in [6, 6.07) is 3.77. The average molecular weight is 383 g/mol. The number of likely N-dealkylation sites (tertiary alicyclic amines) is 1. The number of hydrogen-bond donors (Lipinski definition) is 0. The molecule has 8 nitrogen and oxygen atoms in total. The Balaban J connectivity index is 1.45. The quantitative estimate of drug-likeness (QED) is 0.781. The molecule has 1 amide bonds. The Morgan fingerprint density at radius 3 is 2.96 bits per heavy atom. The molecule has 4 heterocycles. The van der Waals surface area contributed by atoms with Gasteiger partial charge in [-0.15, -0.1) is 0 Å². The van der Waals surface area contributed by atoms with Crippen LogP contribution in [0.2, 0.25) is 0 Å². The van der Waals surface area contributed by atoms with Crippen LogP contribution in [-0.4, -0.2) is 70.1 Å². The predicted octanol–water partition coefficient (Wildman–Crippen LogP) is 1.97. The second kappa shape index (κ2) is 8.62. The van der Waals surface area contributed by atoms with Gasteiger partial charge in [0.25, 0.3) is 0 Å². The second-order valence-corrected chi connectivity index (χ2v) is 7.09. The number of aromatic nitrogens is 3. The zero-order valence-electron chi connectivity index (χ0n) is 16.1. The van der Waals surface area contributed by atoms with Gasteiger partial charge in [0.1, 0.15) is 0 Å². The standard InChI is InChI=1S/C20H25N5O3/c1-15-18(5-2-6-22-15)28-19-13-21-12-16(23-19)17-4-3-7-25(17)14-20(26)24-8-10-27-11-9-24/h2,5-6,12-13,17H,3-4,7-11,14H2,1H3/t17-/m0/s1. The molecular weight excluding hydrogens is 358 g/mol. The second-order valence-electron chi connectivity index (χ2n) is 7.09. The third kappa shape index (κ3) is 4.28. The molecule has 2 aromatic heterocycles. The fourth-order valence-electron chi connectivity index (χ4n) is 3.70. The number of pyridine rings is 1. The Morgan fingerprint density at radius 2 is 2.14 bits per heavy atom. The lowest BCUT2D eigenvalue weighted by Gasteiger charge is -2.30. The van der Waals surface area contributed by atoms with Crippen molar-refractivity contribution in [2.24, 2.45) is 0 Å². The first-order valence-corrected chi connectivity index (χ1v) is 9.72. The largest absolute Gasteiger partial charge is 0.436 e. The van der Waals surface area contributed by atoms with Crippen molar-refractivity contribution in [2.45, 2.75) is 25.8 Å². The van der Waals surface area contributed by atoms with Crippen molar-refractivity contribution >= 4 is 5.91 Å². The highest BCUT2D eigenvalue weighted by Crippen LogP contribution is 2.31. The molecule has 2 saturated heterocycles. The number of carbonyl (C=O) groups excluding carboxylic acids is 1. The van der Waals surface area contributed by atoms with Crippen LogP contribution in [0.3, 0.4) is 0 Å². The first-order valence-electron chi connectivity index (χ1n) is 9.72. The molecule has 0 aliphatic carbocycles. The van der Waals surface area contributed by atoms with E-state index in [1.807, 2.05) is 24.0 Å². The van der Waals surface area contributed by atoms with Crippen LogP contribution >= 0.6 is 0 Å². The zero-order chi connectivity index (χ0) is 19.3. The summed E-state index contributed by atoms with van der Waals surface area (Å²) in [5, 5.41) is 0. The molecule has 0 aromatic carbocycles. The van der Waals surface area contributed by atoms with E-state index in [2.05, 4.69) is 19.9 Å². The van der Waals surface area contributed by atoms with Crippen LogP contribution in [0.5, 0.6) is 11.6 Å². The van der Waals surface area contributed by atoms with E-state index >= 15 is 0 Å². The van der Waals surface area contributed by atoms with Gasteiger partial charge in [0.05, 0.1) is 49.6 Å². The molecule has 0 bridgehead atoms. The van der Waals surface area contributed by atoms with Crippen molar-refractivity contribution in [1.82, 2.24) is 24.8 Å². The monoisotopic (exact) mass is 383 g/mol. The lowest BCUT2D eigenvalue weighted by Crippen LogP contribution is -2.45. The summed E-state index contributed by atoms with van der Waals surface area (Å²) in [4.78, 5) is 29.9. The van der Waals surface area contributed by atoms with Crippen LogP contribution in [0.25, 0.3) is 0 Å². The number of nitrogens with zero attached hydrogens (tertiary/aromatic N) is 5. The molecule has 28 heavy (non-hydrogen) atoms. The van der Waals surface area contributed by atoms with Gasteiger partial charge in [-0.3, -0.25) is 19.7 Å². The number of amides is 1. The first kappa shape index (κ1) is 18.8. The maximum Gasteiger partial charge on any atom is 0.238 e. The van der Waals surface area contributed by atoms with Crippen LogP contribution in [0.4, 0.5) is 0 Å². The number of rotatable bonds is 5. The molecule has 1 atom stereocenters. The number of hydrogen-bond acceptors (Lipinski definition) is 7. The number of morpholine rings is 1. The summed E-state index contributed by atoms with van der Waals surface area (Å²) in [5.74, 6) is 1.27. The van der Waals surface area contributed by atoms with E-state index in [0.717, 1.165) is 30.8 Å². The van der Waals surface area contributed by atoms with Crippen molar-refractivity contribution < 1.29 is 14.3 Å². The Hall–Kier alpha value is -2.58. The minimum atomic E-state index is 0.0797. The van der Waals surface area contributed by atoms with Crippen molar-refractivity contribution in [3.63, 3.8) is 0 Å². The molecule has 2 fully saturated rings. The summed E-state index contributed by atoms with van der Waals surface area (Å²) in [5.41, 5.74) is 1.64. The minimum Gasteiger partial charge on any atom is -0.436 e. The van der Waals surface area contributed by atoms with Crippen LogP contribution < -0.4 is 4.74 Å². The van der Waals surface area contributed by atoms with Crippen LogP contribution in [0, 0.1) is 6.92 Å². The summed E-state index contributed by atoms with van der Waals surface area (Å²) < 4.78 is 11.2. The smallest absolute Gasteiger partial charge is 0.238 e. The normalized spacial score (nSPS) is 20.3. The number of ether oxygens (including phenoxy) is 2. The van der Waals surface area contributed by atoms with Crippen molar-refractivity contribution in [1.29, 1.82) is 0 Å². The van der Waals surface area contributed by atoms with Gasteiger partial charge in [-0.1, -0.05) is 0 Å². The molecule has 0 unspecified atom stereocenters. The molecule has 2 aromatic rings. The van der Waals surface area contributed by atoms with E-state index in [9.17, 15) is 4.79 Å². The molecule has 4 rings (SSSR count). The minimum absolute atomic E-state index is 0.0797. The topological polar surface area (TPSA) is 80.7 Å². The van der Waals surface area contributed by atoms with Crippen LogP contribution in [0.1, 0.15) is 30.3 Å². The molecule has 0 spiro atoms. The van der Waals surface area contributed by atoms with Crippen molar-refractivity contribution in [2.75, 3.05) is 39.4 Å². The lowest BCUT2D eigenvalue weighted by atomic mass is 10.1. The first-order chi connectivity index (χ1) is 13.7. The number of aryl methyl sites for hydroxylation is 1. The van der Waals surface area contributed by atoms with Crippen molar-refractivity contribution in [3.8, 4) is 11.6 Å². The summed E-state index contributed by atoms with van der Waals surface area (Å²) in [7, 11) is 0. The molecule has 148 valence electrons. The van der Waals surface area contributed by atoms with Gasteiger partial charge in [-0.2, -0.15) is 0 Å². The highest BCUT2D eigenvalue weighted by molar-refractivity contribution is 5.78. The van der Waals surface area contributed by atoms with Crippen molar-refractivity contribution in [3.05, 3.63) is 42.1 Å². The molecule has 0 radical (unpaired) electrons. The van der Waals surface area contributed by atoms with E-state index in [1.165, 1.54) is 0 Å². The molecular formula is C20H25N5O3. The lowest BCUT2D eigenvalue weighted by molar-refractivity contribution is -0.136. The maximum absolute atomic E-state index is 12.6. The van der Waals surface area contributed by atoms with Crippen LogP contribution in [-0.2, 0) is 9.53 Å². The van der Waals surface area contributed by atoms with E-state index in [4.69, 9.17) is 9.47 Å². The third-order valence-corrected chi connectivity index (χ3v) is 5.21. The summed E-state index contributed by atoms with van der Waals surface area (Å²) in [6.07, 6.45) is 7.10. The highest BCUT2D eigenvalue weighted by Gasteiger charge is 2.30. The van der Waals surface area contributed by atoms with E-state index in [-0.39, 0.29) is 11.9 Å². The molecule has 2 aliphatic rings. The summed E-state index contributed by atoms with van der Waals surface area (Å²) in [6.45, 7) is 5.76. The Morgan fingerprint density at radius 1 is 1.29 bits per heavy atom. The van der Waals surface area contributed by atoms with Gasteiger partial charge < -0.3 is 14.4 Å². The fourth-order valence-corrected chi connectivity index (χ4v) is 3.70. The number of carbonyl (C=O) groups is 1. The molecule has 0 N–H and O–H groups in total. The van der Waals surface area contributed by atoms with E-state index in [0.29, 0.717) is 44.5 Å². The van der Waals surface area contributed by atoms with E-state index < -0.39 is 0 Å². The van der Waals surface area contributed by atoms with Gasteiger partial charge in [-0.25, -0.2) is 4.98 Å².